The Labute approximate surface area is 86.6 Å². The van der Waals surface area contributed by atoms with Crippen LogP contribution in [0.25, 0.3) is 0 Å². The highest BCUT2D eigenvalue weighted by Gasteiger charge is 2.29. The molecule has 0 saturated heterocycles. The van der Waals surface area contributed by atoms with Gasteiger partial charge in [-0.15, -0.1) is 0 Å². The van der Waals surface area contributed by atoms with Gasteiger partial charge in [-0.2, -0.15) is 0 Å². The van der Waals surface area contributed by atoms with E-state index in [0.717, 1.165) is 50.5 Å². The normalized spacial score (nSPS) is 20.7. The molecule has 0 atom stereocenters. The Hall–Kier alpha value is -0.340. The molecule has 14 heavy (non-hydrogen) atoms. The molecule has 0 aliphatic heterocycles. The zero-order valence-electron chi connectivity index (χ0n) is 8.97. The van der Waals surface area contributed by atoms with Gasteiger partial charge in [0.15, 0.2) is 0 Å². The van der Waals surface area contributed by atoms with Crippen LogP contribution in [0.1, 0.15) is 51.4 Å². The molecule has 0 spiro atoms. The van der Waals surface area contributed by atoms with Gasteiger partial charge in [-0.25, -0.2) is 0 Å². The Morgan fingerprint density at radius 1 is 1.21 bits per heavy atom. The summed E-state index contributed by atoms with van der Waals surface area (Å²) >= 11 is 0. The molecule has 0 bridgehead atoms. The van der Waals surface area contributed by atoms with Crippen molar-refractivity contribution in [1.29, 1.82) is 0 Å². The maximum absolute atomic E-state index is 10.2. The van der Waals surface area contributed by atoms with E-state index in [1.165, 1.54) is 6.42 Å². The molecule has 0 unspecified atom stereocenters. The molecule has 1 rings (SSSR count). The molecule has 0 amide bonds. The van der Waals surface area contributed by atoms with Crippen LogP contribution in [0.2, 0.25) is 0 Å². The number of aliphatic hydroxyl groups is 2. The largest absolute Gasteiger partial charge is 0.396 e. The number of aliphatic hydroxyl groups excluding tert-OH is 1. The van der Waals surface area contributed by atoms with Crippen LogP contribution in [0.3, 0.4) is 0 Å². The van der Waals surface area contributed by atoms with E-state index in [1.807, 2.05) is 0 Å². The van der Waals surface area contributed by atoms with Gasteiger partial charge in [-0.05, 0) is 32.1 Å². The molecule has 0 aromatic rings. The number of rotatable bonds is 5. The smallest absolute Gasteiger partial charge is 0.0684 e. The van der Waals surface area contributed by atoms with Crippen LogP contribution in [0.5, 0.6) is 0 Å². The average Bonchev–Trinajstić information content (AvgIpc) is 2.15. The van der Waals surface area contributed by atoms with Gasteiger partial charge in [0.25, 0.3) is 0 Å². The van der Waals surface area contributed by atoms with Crippen LogP contribution in [-0.4, -0.2) is 22.4 Å². The monoisotopic (exact) mass is 198 g/mol. The van der Waals surface area contributed by atoms with Crippen molar-refractivity contribution in [2.45, 2.75) is 57.0 Å². The lowest BCUT2D eigenvalue weighted by atomic mass is 9.80. The second-order valence-electron chi connectivity index (χ2n) is 4.54. The summed E-state index contributed by atoms with van der Waals surface area (Å²) in [4.78, 5) is 0. The highest BCUT2D eigenvalue weighted by atomic mass is 16.3. The van der Waals surface area contributed by atoms with E-state index < -0.39 is 5.60 Å². The van der Waals surface area contributed by atoms with Gasteiger partial charge in [-0.3, -0.25) is 0 Å². The quantitative estimate of drug-likeness (QED) is 0.666. The van der Waals surface area contributed by atoms with E-state index in [9.17, 15) is 5.11 Å². The molecule has 82 valence electrons. The molecule has 2 nitrogen and oxygen atoms in total. The number of hydrogen-bond donors (Lipinski definition) is 2. The second kappa shape index (κ2) is 5.52. The first kappa shape index (κ1) is 11.7. The highest BCUT2D eigenvalue weighted by Crippen LogP contribution is 2.33. The SMILES string of the molecule is C=C(CCCO)CC1(O)CCCCC1. The van der Waals surface area contributed by atoms with Crippen molar-refractivity contribution < 1.29 is 10.2 Å². The second-order valence-corrected chi connectivity index (χ2v) is 4.54. The molecule has 2 heteroatoms. The Morgan fingerprint density at radius 2 is 1.86 bits per heavy atom. The van der Waals surface area contributed by atoms with Crippen LogP contribution < -0.4 is 0 Å². The minimum Gasteiger partial charge on any atom is -0.396 e. The zero-order chi connectivity index (χ0) is 10.4. The lowest BCUT2D eigenvalue weighted by Crippen LogP contribution is -2.31. The first-order valence-corrected chi connectivity index (χ1v) is 5.66. The molecule has 0 heterocycles. The predicted octanol–water partition coefficient (Wildman–Crippen LogP) is 2.40. The van der Waals surface area contributed by atoms with E-state index in [0.29, 0.717) is 0 Å². The number of hydrogen-bond acceptors (Lipinski definition) is 2. The Kier molecular flexibility index (Phi) is 4.63. The van der Waals surface area contributed by atoms with Gasteiger partial charge in [0, 0.05) is 6.61 Å². The first-order chi connectivity index (χ1) is 6.66. The van der Waals surface area contributed by atoms with Crippen LogP contribution in [0.15, 0.2) is 12.2 Å². The van der Waals surface area contributed by atoms with Crippen molar-refractivity contribution in [2.75, 3.05) is 6.61 Å². The maximum atomic E-state index is 10.2. The Morgan fingerprint density at radius 3 is 2.43 bits per heavy atom. The summed E-state index contributed by atoms with van der Waals surface area (Å²) in [5, 5.41) is 18.9. The molecule has 2 N–H and O–H groups in total. The fraction of sp³-hybridized carbons (Fsp3) is 0.833. The fourth-order valence-electron chi connectivity index (χ4n) is 2.27. The first-order valence-electron chi connectivity index (χ1n) is 5.66. The van der Waals surface area contributed by atoms with Crippen LogP contribution in [-0.2, 0) is 0 Å². The summed E-state index contributed by atoms with van der Waals surface area (Å²) in [6.45, 7) is 4.18. The molecule has 1 saturated carbocycles. The van der Waals surface area contributed by atoms with Crippen molar-refractivity contribution in [1.82, 2.24) is 0 Å². The van der Waals surface area contributed by atoms with Gasteiger partial charge in [0.05, 0.1) is 5.60 Å². The molecule has 0 aromatic heterocycles. The summed E-state index contributed by atoms with van der Waals surface area (Å²) in [6.07, 6.45) is 7.73. The minimum absolute atomic E-state index is 0.220. The molecule has 0 radical (unpaired) electrons. The van der Waals surface area contributed by atoms with Gasteiger partial charge in [0.2, 0.25) is 0 Å². The average molecular weight is 198 g/mol. The van der Waals surface area contributed by atoms with Gasteiger partial charge >= 0.3 is 0 Å². The highest BCUT2D eigenvalue weighted by molar-refractivity contribution is 5.02. The van der Waals surface area contributed by atoms with E-state index in [2.05, 4.69) is 6.58 Å². The third kappa shape index (κ3) is 3.81. The summed E-state index contributed by atoms with van der Waals surface area (Å²) in [5.41, 5.74) is 0.605. The fourth-order valence-corrected chi connectivity index (χ4v) is 2.27. The Balaban J connectivity index is 2.29. The van der Waals surface area contributed by atoms with E-state index in [-0.39, 0.29) is 6.61 Å². The standard InChI is InChI=1S/C12H22O2/c1-11(6-5-9-13)10-12(14)7-3-2-4-8-12/h13-14H,1-10H2. The Bertz CT molecular complexity index is 181. The lowest BCUT2D eigenvalue weighted by Gasteiger charge is -2.32. The van der Waals surface area contributed by atoms with Gasteiger partial charge in [0.1, 0.15) is 0 Å². The molecule has 1 aliphatic carbocycles. The van der Waals surface area contributed by atoms with E-state index >= 15 is 0 Å². The molecule has 1 aliphatic rings. The lowest BCUT2D eigenvalue weighted by molar-refractivity contribution is 0.00386. The van der Waals surface area contributed by atoms with Crippen LogP contribution >= 0.6 is 0 Å². The van der Waals surface area contributed by atoms with Crippen molar-refractivity contribution in [3.8, 4) is 0 Å². The van der Waals surface area contributed by atoms with Gasteiger partial charge < -0.3 is 10.2 Å². The van der Waals surface area contributed by atoms with E-state index in [4.69, 9.17) is 5.11 Å². The predicted molar refractivity (Wildman–Crippen MR) is 58.1 cm³/mol. The third-order valence-corrected chi connectivity index (χ3v) is 3.05. The van der Waals surface area contributed by atoms with Crippen molar-refractivity contribution in [3.05, 3.63) is 12.2 Å². The van der Waals surface area contributed by atoms with Gasteiger partial charge in [-0.1, -0.05) is 31.4 Å². The van der Waals surface area contributed by atoms with Crippen LogP contribution in [0, 0.1) is 0 Å². The van der Waals surface area contributed by atoms with E-state index in [1.54, 1.807) is 0 Å². The summed E-state index contributed by atoms with van der Waals surface area (Å²) in [7, 11) is 0. The molecule has 1 fully saturated rings. The molecular formula is C12H22O2. The minimum atomic E-state index is -0.481. The molecular weight excluding hydrogens is 176 g/mol. The summed E-state index contributed by atoms with van der Waals surface area (Å²) in [5.74, 6) is 0. The van der Waals surface area contributed by atoms with Crippen molar-refractivity contribution >= 4 is 0 Å². The summed E-state index contributed by atoms with van der Waals surface area (Å²) in [6, 6.07) is 0. The maximum Gasteiger partial charge on any atom is 0.0684 e. The zero-order valence-corrected chi connectivity index (χ0v) is 8.97. The topological polar surface area (TPSA) is 40.5 Å². The third-order valence-electron chi connectivity index (χ3n) is 3.05. The molecule has 0 aromatic carbocycles. The summed E-state index contributed by atoms with van der Waals surface area (Å²) < 4.78 is 0. The van der Waals surface area contributed by atoms with Crippen molar-refractivity contribution in [3.63, 3.8) is 0 Å². The van der Waals surface area contributed by atoms with Crippen molar-refractivity contribution in [2.24, 2.45) is 0 Å². The van der Waals surface area contributed by atoms with Crippen LogP contribution in [0.4, 0.5) is 0 Å².